The van der Waals surface area contributed by atoms with Crippen LogP contribution in [0.4, 0.5) is 4.39 Å². The van der Waals surface area contributed by atoms with Crippen LogP contribution >= 0.6 is 0 Å². The Balaban J connectivity index is 1.80. The standard InChI is InChI=1S/C17H20FN5/c1-11(2)16(17-22-21-15-4-3-7-23(15)17)20-10-13-8-12(9-19)5-6-14(13)18/h5-6,8,11,16,20H,3-4,7,10H2,1-2H3. The van der Waals surface area contributed by atoms with Crippen LogP contribution in [0.5, 0.6) is 0 Å². The molecule has 0 bridgehead atoms. The van der Waals surface area contributed by atoms with Crippen molar-refractivity contribution in [2.75, 3.05) is 0 Å². The molecule has 0 spiro atoms. The molecule has 0 amide bonds. The molecule has 1 N–H and O–H groups in total. The molecule has 1 aliphatic rings. The zero-order valence-corrected chi connectivity index (χ0v) is 13.4. The number of nitrogens with zero attached hydrogens (tertiary/aromatic N) is 4. The maximum atomic E-state index is 13.9. The lowest BCUT2D eigenvalue weighted by Gasteiger charge is -2.22. The van der Waals surface area contributed by atoms with Gasteiger partial charge in [0, 0.05) is 25.1 Å². The molecule has 6 heteroatoms. The average molecular weight is 313 g/mol. The van der Waals surface area contributed by atoms with Crippen molar-refractivity contribution in [1.82, 2.24) is 20.1 Å². The van der Waals surface area contributed by atoms with Gasteiger partial charge < -0.3 is 9.88 Å². The van der Waals surface area contributed by atoms with Crippen LogP contribution in [0.25, 0.3) is 0 Å². The second-order valence-corrected chi connectivity index (χ2v) is 6.25. The molecule has 1 unspecified atom stereocenters. The minimum absolute atomic E-state index is 0.000471. The van der Waals surface area contributed by atoms with E-state index in [1.54, 1.807) is 6.07 Å². The summed E-state index contributed by atoms with van der Waals surface area (Å²) in [5, 5.41) is 20.9. The van der Waals surface area contributed by atoms with Crippen molar-refractivity contribution in [2.45, 2.75) is 45.8 Å². The number of halogens is 1. The number of nitrogens with one attached hydrogen (secondary N) is 1. The lowest BCUT2D eigenvalue weighted by Crippen LogP contribution is -2.28. The van der Waals surface area contributed by atoms with E-state index in [4.69, 9.17) is 5.26 Å². The molecule has 0 saturated carbocycles. The summed E-state index contributed by atoms with van der Waals surface area (Å²) >= 11 is 0. The molecule has 3 rings (SSSR count). The van der Waals surface area contributed by atoms with Crippen LogP contribution in [0.3, 0.4) is 0 Å². The highest BCUT2D eigenvalue weighted by Gasteiger charge is 2.26. The topological polar surface area (TPSA) is 66.5 Å². The molecule has 1 aromatic carbocycles. The SMILES string of the molecule is CC(C)C(NCc1cc(C#N)ccc1F)c1nnc2n1CCC2. The normalized spacial score (nSPS) is 14.7. The van der Waals surface area contributed by atoms with Crippen LogP contribution in [-0.2, 0) is 19.5 Å². The Morgan fingerprint density at radius 2 is 2.22 bits per heavy atom. The van der Waals surface area contributed by atoms with E-state index < -0.39 is 0 Å². The largest absolute Gasteiger partial charge is 0.314 e. The molecule has 0 radical (unpaired) electrons. The fourth-order valence-electron chi connectivity index (χ4n) is 3.03. The van der Waals surface area contributed by atoms with Gasteiger partial charge >= 0.3 is 0 Å². The number of benzene rings is 1. The third-order valence-electron chi connectivity index (χ3n) is 4.27. The molecule has 1 atom stereocenters. The summed E-state index contributed by atoms with van der Waals surface area (Å²) in [7, 11) is 0. The summed E-state index contributed by atoms with van der Waals surface area (Å²) in [6.07, 6.45) is 2.07. The predicted octanol–water partition coefficient (Wildman–Crippen LogP) is 2.72. The Morgan fingerprint density at radius 3 is 2.96 bits per heavy atom. The van der Waals surface area contributed by atoms with Gasteiger partial charge in [0.15, 0.2) is 0 Å². The van der Waals surface area contributed by atoms with E-state index in [9.17, 15) is 4.39 Å². The highest BCUT2D eigenvalue weighted by molar-refractivity contribution is 5.33. The number of hydrogen-bond acceptors (Lipinski definition) is 4. The van der Waals surface area contributed by atoms with Crippen molar-refractivity contribution in [1.29, 1.82) is 5.26 Å². The Kier molecular flexibility index (Phi) is 4.39. The van der Waals surface area contributed by atoms with Gasteiger partial charge in [-0.3, -0.25) is 0 Å². The van der Waals surface area contributed by atoms with E-state index in [0.29, 0.717) is 23.6 Å². The highest BCUT2D eigenvalue weighted by atomic mass is 19.1. The molecule has 1 aromatic heterocycles. The highest BCUT2D eigenvalue weighted by Crippen LogP contribution is 2.25. The Hall–Kier alpha value is -2.26. The smallest absolute Gasteiger partial charge is 0.150 e. The minimum atomic E-state index is -0.300. The Labute approximate surface area is 135 Å². The monoisotopic (exact) mass is 313 g/mol. The number of hydrogen-bond donors (Lipinski definition) is 1. The Morgan fingerprint density at radius 1 is 1.39 bits per heavy atom. The van der Waals surface area contributed by atoms with Gasteiger partial charge in [-0.1, -0.05) is 13.8 Å². The third-order valence-corrected chi connectivity index (χ3v) is 4.27. The summed E-state index contributed by atoms with van der Waals surface area (Å²) in [6.45, 7) is 5.51. The van der Waals surface area contributed by atoms with Crippen LogP contribution in [0.1, 0.15) is 49.1 Å². The van der Waals surface area contributed by atoms with Gasteiger partial charge in [0.25, 0.3) is 0 Å². The van der Waals surface area contributed by atoms with E-state index in [-0.39, 0.29) is 11.9 Å². The van der Waals surface area contributed by atoms with E-state index >= 15 is 0 Å². The van der Waals surface area contributed by atoms with E-state index in [1.807, 2.05) is 6.07 Å². The molecule has 23 heavy (non-hydrogen) atoms. The molecule has 2 heterocycles. The van der Waals surface area contributed by atoms with Crippen molar-refractivity contribution in [2.24, 2.45) is 5.92 Å². The third kappa shape index (κ3) is 3.10. The van der Waals surface area contributed by atoms with Crippen LogP contribution in [0.15, 0.2) is 18.2 Å². The first-order valence-electron chi connectivity index (χ1n) is 7.94. The summed E-state index contributed by atoms with van der Waals surface area (Å²) in [6, 6.07) is 6.47. The number of aryl methyl sites for hydroxylation is 1. The number of aromatic nitrogens is 3. The van der Waals surface area contributed by atoms with Crippen LogP contribution in [-0.4, -0.2) is 14.8 Å². The first-order valence-corrected chi connectivity index (χ1v) is 7.94. The summed E-state index contributed by atoms with van der Waals surface area (Å²) in [5.41, 5.74) is 0.962. The lowest BCUT2D eigenvalue weighted by molar-refractivity contribution is 0.376. The van der Waals surface area contributed by atoms with Crippen molar-refractivity contribution in [3.63, 3.8) is 0 Å². The first-order chi connectivity index (χ1) is 11.1. The van der Waals surface area contributed by atoms with Gasteiger partial charge in [0.2, 0.25) is 0 Å². The molecule has 0 aliphatic carbocycles. The second-order valence-electron chi connectivity index (χ2n) is 6.25. The maximum Gasteiger partial charge on any atom is 0.150 e. The van der Waals surface area contributed by atoms with Gasteiger partial charge in [0.1, 0.15) is 17.5 Å². The van der Waals surface area contributed by atoms with Gasteiger partial charge in [-0.2, -0.15) is 5.26 Å². The summed E-state index contributed by atoms with van der Waals surface area (Å²) in [5.74, 6) is 1.95. The van der Waals surface area contributed by atoms with Crippen molar-refractivity contribution < 1.29 is 4.39 Å². The van der Waals surface area contributed by atoms with Gasteiger partial charge in [-0.25, -0.2) is 4.39 Å². The number of fused-ring (bicyclic) bond motifs is 1. The molecule has 120 valence electrons. The fraction of sp³-hybridized carbons (Fsp3) is 0.471. The Bertz CT molecular complexity index is 744. The zero-order valence-electron chi connectivity index (χ0n) is 13.4. The fourth-order valence-corrected chi connectivity index (χ4v) is 3.03. The van der Waals surface area contributed by atoms with E-state index in [0.717, 1.165) is 31.0 Å². The van der Waals surface area contributed by atoms with Crippen molar-refractivity contribution in [3.05, 3.63) is 46.8 Å². The predicted molar refractivity (Wildman–Crippen MR) is 83.9 cm³/mol. The van der Waals surface area contributed by atoms with E-state index in [2.05, 4.69) is 33.9 Å². The summed E-state index contributed by atoms with van der Waals surface area (Å²) < 4.78 is 16.1. The number of rotatable bonds is 5. The lowest BCUT2D eigenvalue weighted by atomic mass is 10.0. The number of nitriles is 1. The zero-order chi connectivity index (χ0) is 16.4. The second kappa shape index (κ2) is 6.47. The average Bonchev–Trinajstić information content (AvgIpc) is 3.13. The first kappa shape index (κ1) is 15.6. The van der Waals surface area contributed by atoms with Crippen LogP contribution < -0.4 is 5.32 Å². The maximum absolute atomic E-state index is 13.9. The molecule has 0 fully saturated rings. The summed E-state index contributed by atoms with van der Waals surface area (Å²) in [4.78, 5) is 0. The minimum Gasteiger partial charge on any atom is -0.314 e. The quantitative estimate of drug-likeness (QED) is 0.921. The van der Waals surface area contributed by atoms with Gasteiger partial charge in [0.05, 0.1) is 17.7 Å². The van der Waals surface area contributed by atoms with Crippen molar-refractivity contribution in [3.8, 4) is 6.07 Å². The molecule has 1 aliphatic heterocycles. The van der Waals surface area contributed by atoms with Crippen LogP contribution in [0, 0.1) is 23.1 Å². The molecule has 2 aromatic rings. The van der Waals surface area contributed by atoms with Crippen LogP contribution in [0.2, 0.25) is 0 Å². The molecular formula is C17H20FN5. The van der Waals surface area contributed by atoms with Crippen molar-refractivity contribution >= 4 is 0 Å². The van der Waals surface area contributed by atoms with Gasteiger partial charge in [-0.15, -0.1) is 10.2 Å². The van der Waals surface area contributed by atoms with Gasteiger partial charge in [-0.05, 0) is 30.5 Å². The molecule has 0 saturated heterocycles. The van der Waals surface area contributed by atoms with E-state index in [1.165, 1.54) is 12.1 Å². The molecule has 5 nitrogen and oxygen atoms in total. The molecular weight excluding hydrogens is 293 g/mol.